The maximum atomic E-state index is 9.26. The van der Waals surface area contributed by atoms with Crippen molar-refractivity contribution in [3.05, 3.63) is 12.7 Å². The van der Waals surface area contributed by atoms with Crippen molar-refractivity contribution in [2.75, 3.05) is 0 Å². The maximum Gasteiger partial charge on any atom is 1.00 e. The summed E-state index contributed by atoms with van der Waals surface area (Å²) in [6, 6.07) is 0. The molecule has 0 aliphatic rings. The minimum absolute atomic E-state index is 0. The van der Waals surface area contributed by atoms with Gasteiger partial charge in [0.1, 0.15) is 0 Å². The number of rotatable bonds is 2. The predicted molar refractivity (Wildman–Crippen MR) is 30.5 cm³/mol. The van der Waals surface area contributed by atoms with Gasteiger partial charge in [-0.15, -0.1) is 0 Å². The molecule has 0 amide bonds. The summed E-state index contributed by atoms with van der Waals surface area (Å²) < 4.78 is 0. The van der Waals surface area contributed by atoms with Crippen LogP contribution in [0, 0.1) is 0 Å². The Kier molecular flexibility index (Phi) is 18.1. The molecule has 0 heterocycles. The molecule has 0 bridgehead atoms. The zero-order chi connectivity index (χ0) is 8.57. The topological polar surface area (TPSA) is 80.3 Å². The van der Waals surface area contributed by atoms with E-state index in [-0.39, 0.29) is 23.5 Å². The van der Waals surface area contributed by atoms with E-state index in [1.165, 1.54) is 6.92 Å². The van der Waals surface area contributed by atoms with Gasteiger partial charge in [0, 0.05) is 5.97 Å². The molecule has 0 rings (SSSR count). The van der Waals surface area contributed by atoms with Gasteiger partial charge >= 0.3 is 17.1 Å². The van der Waals surface area contributed by atoms with Crippen molar-refractivity contribution < 1.29 is 36.9 Å². The van der Waals surface area contributed by atoms with Crippen LogP contribution in [0.2, 0.25) is 0 Å². The summed E-state index contributed by atoms with van der Waals surface area (Å²) in [5, 5.41) is 18.4. The van der Waals surface area contributed by atoms with E-state index in [1.807, 2.05) is 0 Å². The number of carboxylic acids is 2. The summed E-state index contributed by atoms with van der Waals surface area (Å²) in [4.78, 5) is 18.4. The Hall–Kier alpha value is -0.801. The summed E-state index contributed by atoms with van der Waals surface area (Å²) >= 11 is 0. The minimum Gasteiger partial charge on any atom is -0.550 e. The fraction of sp³-hybridized carbons (Fsp3) is 0.333. The second kappa shape index (κ2) is 11.9. The van der Waals surface area contributed by atoms with Gasteiger partial charge in [-0.2, -0.15) is 0 Å². The standard InChI is InChI=1S/C3H6O2.C3H4O2.Cu/c2*1-2-3(4)5;/h2H2,1H3,(H,4,5);2H,1H2,(H,4,5);/q;;+1/p-2. The monoisotopic (exact) mass is 207 g/mol. The van der Waals surface area contributed by atoms with Crippen molar-refractivity contribution in [1.29, 1.82) is 0 Å². The number of carboxylic acid groups (broad SMARTS) is 2. The Morgan fingerprint density at radius 1 is 1.45 bits per heavy atom. The molecule has 0 radical (unpaired) electrons. The summed E-state index contributed by atoms with van der Waals surface area (Å²) in [6.45, 7) is 4.44. The van der Waals surface area contributed by atoms with Gasteiger partial charge in [0.15, 0.2) is 0 Å². The molecular weight excluding hydrogens is 200 g/mol. The molecule has 0 unspecified atom stereocenters. The van der Waals surface area contributed by atoms with Crippen molar-refractivity contribution in [1.82, 2.24) is 0 Å². The molecule has 4 nitrogen and oxygen atoms in total. The molecule has 0 aromatic heterocycles. The molecule has 68 valence electrons. The van der Waals surface area contributed by atoms with Crippen LogP contribution in [0.4, 0.5) is 0 Å². The average Bonchev–Trinajstić information content (AvgIpc) is 1.89. The van der Waals surface area contributed by atoms with Crippen LogP contribution in [-0.4, -0.2) is 11.9 Å². The SMILES string of the molecule is C=CC(=O)[O-].CCC(=O)[O-].[Cu+]. The van der Waals surface area contributed by atoms with Gasteiger partial charge in [0.05, 0.1) is 5.97 Å². The van der Waals surface area contributed by atoms with Crippen LogP contribution in [0.15, 0.2) is 12.7 Å². The van der Waals surface area contributed by atoms with Gasteiger partial charge in [-0.05, 0) is 12.5 Å². The first-order chi connectivity index (χ1) is 4.54. The predicted octanol–water partition coefficient (Wildman–Crippen LogP) is -1.93. The van der Waals surface area contributed by atoms with Crippen LogP contribution in [0.3, 0.4) is 0 Å². The quantitative estimate of drug-likeness (QED) is 0.390. The average molecular weight is 208 g/mol. The van der Waals surface area contributed by atoms with E-state index in [9.17, 15) is 9.90 Å². The van der Waals surface area contributed by atoms with E-state index in [0.717, 1.165) is 6.08 Å². The normalized spacial score (nSPS) is 6.27. The third kappa shape index (κ3) is 46.6. The van der Waals surface area contributed by atoms with Gasteiger partial charge in [0.25, 0.3) is 0 Å². The number of aliphatic carboxylic acids is 2. The Balaban J connectivity index is -0.000000107. The Labute approximate surface area is 75.4 Å². The van der Waals surface area contributed by atoms with Crippen LogP contribution in [-0.2, 0) is 26.7 Å². The van der Waals surface area contributed by atoms with Crippen molar-refractivity contribution in [2.24, 2.45) is 0 Å². The van der Waals surface area contributed by atoms with E-state index in [4.69, 9.17) is 9.90 Å². The Morgan fingerprint density at radius 2 is 1.64 bits per heavy atom. The summed E-state index contributed by atoms with van der Waals surface area (Å²) in [7, 11) is 0. The van der Waals surface area contributed by atoms with Crippen molar-refractivity contribution in [3.63, 3.8) is 0 Å². The molecule has 0 atom stereocenters. The second-order valence-electron chi connectivity index (χ2n) is 1.25. The summed E-state index contributed by atoms with van der Waals surface area (Å²) in [5.74, 6) is -2.23. The van der Waals surface area contributed by atoms with E-state index in [2.05, 4.69) is 6.58 Å². The number of carbonyl (C=O) groups is 2. The van der Waals surface area contributed by atoms with Crippen LogP contribution >= 0.6 is 0 Å². The molecular formula is C6H8CuO4-. The smallest absolute Gasteiger partial charge is 0.550 e. The first kappa shape index (κ1) is 16.7. The largest absolute Gasteiger partial charge is 1.00 e. The van der Waals surface area contributed by atoms with Crippen molar-refractivity contribution in [3.8, 4) is 0 Å². The van der Waals surface area contributed by atoms with Crippen molar-refractivity contribution in [2.45, 2.75) is 13.3 Å². The van der Waals surface area contributed by atoms with E-state index >= 15 is 0 Å². The van der Waals surface area contributed by atoms with Crippen LogP contribution < -0.4 is 10.2 Å². The first-order valence-corrected chi connectivity index (χ1v) is 2.57. The summed E-state index contributed by atoms with van der Waals surface area (Å²) in [6.07, 6.45) is 0.833. The molecule has 11 heavy (non-hydrogen) atoms. The molecule has 0 aromatic carbocycles. The fourth-order valence-electron chi connectivity index (χ4n) is 0. The summed E-state index contributed by atoms with van der Waals surface area (Å²) in [5.41, 5.74) is 0. The van der Waals surface area contributed by atoms with Crippen LogP contribution in [0.25, 0.3) is 0 Å². The van der Waals surface area contributed by atoms with Crippen LogP contribution in [0.5, 0.6) is 0 Å². The molecule has 0 aliphatic carbocycles. The number of hydrogen-bond donors (Lipinski definition) is 0. The van der Waals surface area contributed by atoms with Crippen LogP contribution in [0.1, 0.15) is 13.3 Å². The van der Waals surface area contributed by atoms with E-state index in [0.29, 0.717) is 0 Å². The molecule has 0 N–H and O–H groups in total. The zero-order valence-electron chi connectivity index (χ0n) is 5.93. The van der Waals surface area contributed by atoms with Gasteiger partial charge in [-0.25, -0.2) is 0 Å². The van der Waals surface area contributed by atoms with Gasteiger partial charge in [-0.3, -0.25) is 0 Å². The Bertz CT molecular complexity index is 133. The molecule has 0 spiro atoms. The second-order valence-corrected chi connectivity index (χ2v) is 1.25. The minimum atomic E-state index is -1.23. The van der Waals surface area contributed by atoms with Crippen molar-refractivity contribution >= 4 is 11.9 Å². The third-order valence-electron chi connectivity index (χ3n) is 0.455. The third-order valence-corrected chi connectivity index (χ3v) is 0.455. The van der Waals surface area contributed by atoms with E-state index < -0.39 is 11.9 Å². The molecule has 0 aliphatic heterocycles. The fourth-order valence-corrected chi connectivity index (χ4v) is 0. The molecule has 0 aromatic rings. The van der Waals surface area contributed by atoms with E-state index in [1.54, 1.807) is 0 Å². The molecule has 0 saturated carbocycles. The Morgan fingerprint density at radius 3 is 1.64 bits per heavy atom. The molecule has 0 saturated heterocycles. The number of hydrogen-bond acceptors (Lipinski definition) is 4. The van der Waals surface area contributed by atoms with Gasteiger partial charge in [0.2, 0.25) is 0 Å². The number of carbonyl (C=O) groups excluding carboxylic acids is 2. The van der Waals surface area contributed by atoms with Gasteiger partial charge < -0.3 is 19.8 Å². The molecule has 5 heteroatoms. The molecule has 0 fully saturated rings. The zero-order valence-corrected chi connectivity index (χ0v) is 6.87. The van der Waals surface area contributed by atoms with Gasteiger partial charge in [-0.1, -0.05) is 13.5 Å². The maximum absolute atomic E-state index is 9.26. The first-order valence-electron chi connectivity index (χ1n) is 2.57.